The molecular weight excluding hydrogens is 324 g/mol. The lowest BCUT2D eigenvalue weighted by Gasteiger charge is -2.22. The second-order valence-corrected chi connectivity index (χ2v) is 6.85. The van der Waals surface area contributed by atoms with Crippen molar-refractivity contribution in [2.75, 3.05) is 51.8 Å². The van der Waals surface area contributed by atoms with E-state index in [1.807, 2.05) is 12.1 Å². The SMILES string of the molecule is C=CCCCN(C)C(=NCC1CCN(c2cccc(OC)c2)C1)NCC. The molecule has 1 saturated heterocycles. The third kappa shape index (κ3) is 5.97. The summed E-state index contributed by atoms with van der Waals surface area (Å²) in [5, 5.41) is 3.41. The summed E-state index contributed by atoms with van der Waals surface area (Å²) in [4.78, 5) is 9.55. The minimum atomic E-state index is 0.594. The number of hydrogen-bond donors (Lipinski definition) is 1. The summed E-state index contributed by atoms with van der Waals surface area (Å²) in [6.07, 6.45) is 5.31. The highest BCUT2D eigenvalue weighted by Crippen LogP contribution is 2.27. The van der Waals surface area contributed by atoms with E-state index >= 15 is 0 Å². The van der Waals surface area contributed by atoms with E-state index in [1.165, 1.54) is 12.1 Å². The zero-order chi connectivity index (χ0) is 18.8. The molecule has 0 radical (unpaired) electrons. The van der Waals surface area contributed by atoms with Gasteiger partial charge in [-0.1, -0.05) is 12.1 Å². The van der Waals surface area contributed by atoms with Crippen molar-refractivity contribution in [3.05, 3.63) is 36.9 Å². The number of guanidine groups is 1. The van der Waals surface area contributed by atoms with Crippen molar-refractivity contribution in [2.45, 2.75) is 26.2 Å². The molecule has 1 aromatic carbocycles. The maximum Gasteiger partial charge on any atom is 0.193 e. The summed E-state index contributed by atoms with van der Waals surface area (Å²) >= 11 is 0. The van der Waals surface area contributed by atoms with Gasteiger partial charge >= 0.3 is 0 Å². The van der Waals surface area contributed by atoms with E-state index in [9.17, 15) is 0 Å². The van der Waals surface area contributed by atoms with Crippen LogP contribution in [0, 0.1) is 5.92 Å². The second kappa shape index (κ2) is 10.7. The minimum Gasteiger partial charge on any atom is -0.497 e. The molecule has 1 aromatic rings. The Morgan fingerprint density at radius 2 is 2.35 bits per heavy atom. The predicted molar refractivity (Wildman–Crippen MR) is 111 cm³/mol. The highest BCUT2D eigenvalue weighted by atomic mass is 16.5. The van der Waals surface area contributed by atoms with Gasteiger partial charge in [0, 0.05) is 51.5 Å². The lowest BCUT2D eigenvalue weighted by molar-refractivity contribution is 0.415. The number of aliphatic imine (C=N–C) groups is 1. The van der Waals surface area contributed by atoms with Crippen molar-refractivity contribution < 1.29 is 4.74 Å². The Morgan fingerprint density at radius 3 is 3.08 bits per heavy atom. The van der Waals surface area contributed by atoms with Crippen molar-refractivity contribution in [2.24, 2.45) is 10.9 Å². The number of anilines is 1. The second-order valence-electron chi connectivity index (χ2n) is 6.85. The Hall–Kier alpha value is -2.17. The summed E-state index contributed by atoms with van der Waals surface area (Å²) in [5.41, 5.74) is 1.24. The largest absolute Gasteiger partial charge is 0.497 e. The number of nitrogens with one attached hydrogen (secondary N) is 1. The Bertz CT molecular complexity index is 587. The van der Waals surface area contributed by atoms with E-state index in [4.69, 9.17) is 9.73 Å². The Labute approximate surface area is 158 Å². The predicted octanol–water partition coefficient (Wildman–Crippen LogP) is 3.39. The first-order valence-corrected chi connectivity index (χ1v) is 9.67. The van der Waals surface area contributed by atoms with E-state index in [1.54, 1.807) is 7.11 Å². The van der Waals surface area contributed by atoms with Crippen LogP contribution in [-0.2, 0) is 0 Å². The van der Waals surface area contributed by atoms with Gasteiger partial charge in [0.2, 0.25) is 0 Å². The molecule has 1 fully saturated rings. The fourth-order valence-electron chi connectivity index (χ4n) is 3.29. The monoisotopic (exact) mass is 358 g/mol. The molecule has 1 N–H and O–H groups in total. The van der Waals surface area contributed by atoms with Crippen LogP contribution < -0.4 is 15.0 Å². The van der Waals surface area contributed by atoms with Crippen LogP contribution in [0.5, 0.6) is 5.75 Å². The number of nitrogens with zero attached hydrogens (tertiary/aromatic N) is 3. The van der Waals surface area contributed by atoms with Crippen LogP contribution in [0.25, 0.3) is 0 Å². The molecule has 0 bridgehead atoms. The van der Waals surface area contributed by atoms with Crippen LogP contribution in [0.2, 0.25) is 0 Å². The first-order valence-electron chi connectivity index (χ1n) is 9.67. The van der Waals surface area contributed by atoms with Gasteiger partial charge in [0.1, 0.15) is 5.75 Å². The molecule has 0 saturated carbocycles. The first-order chi connectivity index (χ1) is 12.7. The summed E-state index contributed by atoms with van der Waals surface area (Å²) in [6, 6.07) is 8.32. The molecule has 2 rings (SSSR count). The number of methoxy groups -OCH3 is 1. The van der Waals surface area contributed by atoms with Crippen molar-refractivity contribution in [1.82, 2.24) is 10.2 Å². The highest BCUT2D eigenvalue weighted by Gasteiger charge is 2.23. The number of allylic oxidation sites excluding steroid dienone is 1. The van der Waals surface area contributed by atoms with Crippen molar-refractivity contribution in [3.63, 3.8) is 0 Å². The Balaban J connectivity index is 1.90. The lowest BCUT2D eigenvalue weighted by Crippen LogP contribution is -2.39. The lowest BCUT2D eigenvalue weighted by atomic mass is 10.1. The molecule has 26 heavy (non-hydrogen) atoms. The molecule has 1 heterocycles. The van der Waals surface area contributed by atoms with E-state index in [2.05, 4.69) is 53.9 Å². The molecule has 0 spiro atoms. The molecule has 0 aromatic heterocycles. The maximum atomic E-state index is 5.35. The molecular formula is C21H34N4O. The van der Waals surface area contributed by atoms with Gasteiger partial charge in [-0.2, -0.15) is 0 Å². The summed E-state index contributed by atoms with van der Waals surface area (Å²) in [5.74, 6) is 2.52. The topological polar surface area (TPSA) is 40.1 Å². The number of hydrogen-bond acceptors (Lipinski definition) is 3. The van der Waals surface area contributed by atoms with Crippen molar-refractivity contribution in [1.29, 1.82) is 0 Å². The van der Waals surface area contributed by atoms with Crippen molar-refractivity contribution in [3.8, 4) is 5.75 Å². The van der Waals surface area contributed by atoms with Gasteiger partial charge < -0.3 is 19.9 Å². The van der Waals surface area contributed by atoms with Crippen LogP contribution in [-0.4, -0.2) is 57.7 Å². The summed E-state index contributed by atoms with van der Waals surface area (Å²) < 4.78 is 5.35. The first kappa shape index (κ1) is 20.1. The zero-order valence-electron chi connectivity index (χ0n) is 16.6. The van der Waals surface area contributed by atoms with Crippen LogP contribution in [0.4, 0.5) is 5.69 Å². The Morgan fingerprint density at radius 1 is 1.50 bits per heavy atom. The summed E-state index contributed by atoms with van der Waals surface area (Å²) in [6.45, 7) is 10.8. The standard InChI is InChI=1S/C21H34N4O/c1-5-7-8-13-24(3)21(22-6-2)23-16-18-12-14-25(17-18)19-10-9-11-20(15-19)26-4/h5,9-11,15,18H,1,6-8,12-14,16-17H2,2-4H3,(H,22,23). The average molecular weight is 359 g/mol. The quantitative estimate of drug-likeness (QED) is 0.318. The van der Waals surface area contributed by atoms with E-state index in [0.29, 0.717) is 5.92 Å². The van der Waals surface area contributed by atoms with E-state index < -0.39 is 0 Å². The average Bonchev–Trinajstić information content (AvgIpc) is 3.14. The van der Waals surface area contributed by atoms with Crippen molar-refractivity contribution >= 4 is 11.6 Å². The van der Waals surface area contributed by atoms with Gasteiger partial charge in [0.15, 0.2) is 5.96 Å². The number of benzene rings is 1. The van der Waals surface area contributed by atoms with Crippen LogP contribution in [0.15, 0.2) is 41.9 Å². The molecule has 1 aliphatic heterocycles. The van der Waals surface area contributed by atoms with Gasteiger partial charge in [-0.05, 0) is 44.2 Å². The fraction of sp³-hybridized carbons (Fsp3) is 0.571. The molecule has 144 valence electrons. The van der Waals surface area contributed by atoms with Gasteiger partial charge in [0.25, 0.3) is 0 Å². The highest BCUT2D eigenvalue weighted by molar-refractivity contribution is 5.79. The van der Waals surface area contributed by atoms with Crippen LogP contribution >= 0.6 is 0 Å². The fourth-order valence-corrected chi connectivity index (χ4v) is 3.29. The van der Waals surface area contributed by atoms with Gasteiger partial charge in [-0.3, -0.25) is 4.99 Å². The molecule has 1 atom stereocenters. The number of ether oxygens (including phenoxy) is 1. The Kier molecular flexibility index (Phi) is 8.32. The van der Waals surface area contributed by atoms with Gasteiger partial charge in [0.05, 0.1) is 7.11 Å². The molecule has 1 unspecified atom stereocenters. The molecule has 5 nitrogen and oxygen atoms in total. The minimum absolute atomic E-state index is 0.594. The van der Waals surface area contributed by atoms with Gasteiger partial charge in [-0.15, -0.1) is 6.58 Å². The number of rotatable bonds is 9. The van der Waals surface area contributed by atoms with E-state index in [0.717, 1.165) is 57.3 Å². The van der Waals surface area contributed by atoms with Gasteiger partial charge in [-0.25, -0.2) is 0 Å². The van der Waals surface area contributed by atoms with Crippen LogP contribution in [0.1, 0.15) is 26.2 Å². The summed E-state index contributed by atoms with van der Waals surface area (Å²) in [7, 11) is 3.83. The third-order valence-electron chi connectivity index (χ3n) is 4.80. The molecule has 0 aliphatic carbocycles. The maximum absolute atomic E-state index is 5.35. The van der Waals surface area contributed by atoms with Crippen LogP contribution in [0.3, 0.4) is 0 Å². The molecule has 5 heteroatoms. The molecule has 0 amide bonds. The third-order valence-corrected chi connectivity index (χ3v) is 4.80. The smallest absolute Gasteiger partial charge is 0.193 e. The molecule has 1 aliphatic rings. The number of unbranched alkanes of at least 4 members (excludes halogenated alkanes) is 1. The van der Waals surface area contributed by atoms with E-state index in [-0.39, 0.29) is 0 Å². The normalized spacial score (nSPS) is 17.3. The zero-order valence-corrected chi connectivity index (χ0v) is 16.6.